The van der Waals surface area contributed by atoms with Gasteiger partial charge in [0.15, 0.2) is 0 Å². The van der Waals surface area contributed by atoms with E-state index in [4.69, 9.17) is 5.11 Å². The molecule has 4 nitrogen and oxygen atoms in total. The summed E-state index contributed by atoms with van der Waals surface area (Å²) in [5.41, 5.74) is 0. The Morgan fingerprint density at radius 2 is 2.13 bits per heavy atom. The average molecular weight is 213 g/mol. The average Bonchev–Trinajstić information content (AvgIpc) is 2.85. The molecule has 0 spiro atoms. The van der Waals surface area contributed by atoms with Crippen LogP contribution in [0.4, 0.5) is 0 Å². The summed E-state index contributed by atoms with van der Waals surface area (Å²) in [6.07, 6.45) is 4.75. The van der Waals surface area contributed by atoms with Gasteiger partial charge in [-0.2, -0.15) is 0 Å². The Morgan fingerprint density at radius 3 is 2.73 bits per heavy atom. The maximum Gasteiger partial charge on any atom is 0.306 e. The molecule has 1 saturated carbocycles. The largest absolute Gasteiger partial charge is 0.481 e. The predicted molar refractivity (Wildman–Crippen MR) is 55.6 cm³/mol. The highest BCUT2D eigenvalue weighted by molar-refractivity contribution is 5.70. The highest BCUT2D eigenvalue weighted by Gasteiger charge is 2.37. The van der Waals surface area contributed by atoms with Crippen molar-refractivity contribution in [3.8, 4) is 0 Å². The molecular formula is C11H19NO3. The van der Waals surface area contributed by atoms with Crippen molar-refractivity contribution in [3.05, 3.63) is 0 Å². The minimum atomic E-state index is -0.655. The molecule has 0 bridgehead atoms. The van der Waals surface area contributed by atoms with Crippen LogP contribution in [-0.2, 0) is 4.79 Å². The Labute approximate surface area is 89.9 Å². The Morgan fingerprint density at radius 1 is 1.33 bits per heavy atom. The molecule has 0 amide bonds. The lowest BCUT2D eigenvalue weighted by molar-refractivity contribution is -0.141. The maximum atomic E-state index is 10.8. The summed E-state index contributed by atoms with van der Waals surface area (Å²) < 4.78 is 0. The van der Waals surface area contributed by atoms with Gasteiger partial charge in [-0.25, -0.2) is 0 Å². The van der Waals surface area contributed by atoms with Crippen molar-refractivity contribution in [1.82, 2.24) is 4.90 Å². The van der Waals surface area contributed by atoms with Crippen LogP contribution < -0.4 is 0 Å². The van der Waals surface area contributed by atoms with Crippen LogP contribution >= 0.6 is 0 Å². The molecule has 0 aromatic heterocycles. The van der Waals surface area contributed by atoms with Gasteiger partial charge in [0.25, 0.3) is 0 Å². The summed E-state index contributed by atoms with van der Waals surface area (Å²) >= 11 is 0. The number of nitrogens with zero attached hydrogens (tertiary/aromatic N) is 1. The third kappa shape index (κ3) is 2.16. The maximum absolute atomic E-state index is 10.8. The molecule has 15 heavy (non-hydrogen) atoms. The fraction of sp³-hybridized carbons (Fsp3) is 0.909. The molecular weight excluding hydrogens is 194 g/mol. The van der Waals surface area contributed by atoms with Gasteiger partial charge in [0.05, 0.1) is 12.5 Å². The van der Waals surface area contributed by atoms with E-state index in [-0.39, 0.29) is 18.6 Å². The number of carboxylic acid groups (broad SMARTS) is 1. The molecule has 4 heteroatoms. The molecule has 0 aromatic rings. The molecule has 3 atom stereocenters. The van der Waals surface area contributed by atoms with Crippen molar-refractivity contribution in [2.45, 2.75) is 44.2 Å². The summed E-state index contributed by atoms with van der Waals surface area (Å²) in [6.45, 7) is 1.25. The lowest BCUT2D eigenvalue weighted by Crippen LogP contribution is -2.39. The zero-order valence-electron chi connectivity index (χ0n) is 8.93. The predicted octanol–water partition coefficient (Wildman–Crippen LogP) is 0.696. The van der Waals surface area contributed by atoms with Gasteiger partial charge >= 0.3 is 5.97 Å². The van der Waals surface area contributed by atoms with Gasteiger partial charge in [0, 0.05) is 12.1 Å². The van der Waals surface area contributed by atoms with Gasteiger partial charge in [0.1, 0.15) is 0 Å². The van der Waals surface area contributed by atoms with Crippen LogP contribution in [0.2, 0.25) is 0 Å². The normalized spacial score (nSPS) is 37.3. The van der Waals surface area contributed by atoms with E-state index in [1.165, 1.54) is 0 Å². The lowest BCUT2D eigenvalue weighted by atomic mass is 10.1. The van der Waals surface area contributed by atoms with Gasteiger partial charge in [0.2, 0.25) is 0 Å². The second kappa shape index (κ2) is 4.49. The minimum Gasteiger partial charge on any atom is -0.481 e. The summed E-state index contributed by atoms with van der Waals surface area (Å²) in [6, 6.07) is 0.674. The third-order valence-corrected chi connectivity index (χ3v) is 3.86. The first-order valence-electron chi connectivity index (χ1n) is 5.81. The van der Waals surface area contributed by atoms with Crippen LogP contribution in [0.5, 0.6) is 0 Å². The van der Waals surface area contributed by atoms with Crippen molar-refractivity contribution in [2.24, 2.45) is 5.92 Å². The quantitative estimate of drug-likeness (QED) is 0.724. The van der Waals surface area contributed by atoms with Gasteiger partial charge in [-0.3, -0.25) is 9.69 Å². The second-order valence-electron chi connectivity index (χ2n) is 4.72. The molecule has 1 aliphatic heterocycles. The van der Waals surface area contributed by atoms with Gasteiger partial charge in [-0.05, 0) is 38.6 Å². The van der Waals surface area contributed by atoms with Gasteiger partial charge in [-0.15, -0.1) is 0 Å². The Bertz CT molecular complexity index is 244. The van der Waals surface area contributed by atoms with E-state index in [9.17, 15) is 9.90 Å². The smallest absolute Gasteiger partial charge is 0.306 e. The van der Waals surface area contributed by atoms with E-state index in [0.29, 0.717) is 6.04 Å². The Balaban J connectivity index is 1.92. The standard InChI is InChI=1S/C11H19NO3/c13-7-10-2-1-5-12(10)9-4-3-8(6-9)11(14)15/h8-10,13H,1-7H2,(H,14,15). The number of hydrogen-bond donors (Lipinski definition) is 2. The van der Waals surface area contributed by atoms with Crippen LogP contribution in [0.25, 0.3) is 0 Å². The highest BCUT2D eigenvalue weighted by Crippen LogP contribution is 2.33. The van der Waals surface area contributed by atoms with Crippen molar-refractivity contribution >= 4 is 5.97 Å². The van der Waals surface area contributed by atoms with E-state index in [2.05, 4.69) is 4.90 Å². The van der Waals surface area contributed by atoms with Crippen LogP contribution in [0.15, 0.2) is 0 Å². The number of aliphatic carboxylic acids is 1. The number of aliphatic hydroxyl groups is 1. The van der Waals surface area contributed by atoms with Crippen LogP contribution in [0.3, 0.4) is 0 Å². The topological polar surface area (TPSA) is 60.8 Å². The van der Waals surface area contributed by atoms with Crippen molar-refractivity contribution < 1.29 is 15.0 Å². The second-order valence-corrected chi connectivity index (χ2v) is 4.72. The molecule has 2 N–H and O–H groups in total. The molecule has 0 radical (unpaired) electrons. The van der Waals surface area contributed by atoms with E-state index in [1.54, 1.807) is 0 Å². The number of carbonyl (C=O) groups is 1. The van der Waals surface area contributed by atoms with Crippen LogP contribution in [-0.4, -0.2) is 46.3 Å². The van der Waals surface area contributed by atoms with Crippen LogP contribution in [0, 0.1) is 5.92 Å². The van der Waals surface area contributed by atoms with E-state index >= 15 is 0 Å². The number of rotatable bonds is 3. The zero-order chi connectivity index (χ0) is 10.8. The summed E-state index contributed by atoms with van der Waals surface area (Å²) in [7, 11) is 0. The molecule has 1 aliphatic carbocycles. The number of hydrogen-bond acceptors (Lipinski definition) is 3. The SMILES string of the molecule is O=C(O)C1CCC(N2CCCC2CO)C1. The number of likely N-dealkylation sites (tertiary alicyclic amines) is 1. The highest BCUT2D eigenvalue weighted by atomic mass is 16.4. The molecule has 3 unspecified atom stereocenters. The zero-order valence-corrected chi connectivity index (χ0v) is 8.93. The van der Waals surface area contributed by atoms with Crippen molar-refractivity contribution in [3.63, 3.8) is 0 Å². The first kappa shape index (κ1) is 10.9. The summed E-state index contributed by atoms with van der Waals surface area (Å²) in [5, 5.41) is 18.1. The monoisotopic (exact) mass is 213 g/mol. The Kier molecular flexibility index (Phi) is 3.26. The molecule has 2 fully saturated rings. The van der Waals surface area contributed by atoms with E-state index in [0.717, 1.165) is 38.6 Å². The van der Waals surface area contributed by atoms with E-state index in [1.807, 2.05) is 0 Å². The Hall–Kier alpha value is -0.610. The first-order chi connectivity index (χ1) is 7.22. The molecule has 1 saturated heterocycles. The van der Waals surface area contributed by atoms with Gasteiger partial charge < -0.3 is 10.2 Å². The van der Waals surface area contributed by atoms with Gasteiger partial charge in [-0.1, -0.05) is 0 Å². The van der Waals surface area contributed by atoms with E-state index < -0.39 is 5.97 Å². The van der Waals surface area contributed by atoms with Crippen molar-refractivity contribution in [1.29, 1.82) is 0 Å². The minimum absolute atomic E-state index is 0.157. The molecule has 86 valence electrons. The summed E-state index contributed by atoms with van der Waals surface area (Å²) in [4.78, 5) is 13.2. The van der Waals surface area contributed by atoms with Crippen molar-refractivity contribution in [2.75, 3.05) is 13.2 Å². The third-order valence-electron chi connectivity index (χ3n) is 3.86. The summed E-state index contributed by atoms with van der Waals surface area (Å²) in [5.74, 6) is -0.813. The molecule has 2 rings (SSSR count). The fourth-order valence-electron chi connectivity index (χ4n) is 3.02. The van der Waals surface area contributed by atoms with Crippen LogP contribution in [0.1, 0.15) is 32.1 Å². The lowest BCUT2D eigenvalue weighted by Gasteiger charge is -2.29. The number of aliphatic hydroxyl groups excluding tert-OH is 1. The first-order valence-corrected chi connectivity index (χ1v) is 5.81. The molecule has 0 aromatic carbocycles. The number of carboxylic acids is 1. The fourth-order valence-corrected chi connectivity index (χ4v) is 3.02. The molecule has 1 heterocycles. The molecule has 2 aliphatic rings.